The minimum atomic E-state index is -0.215. The minimum absolute atomic E-state index is 0.0408. The summed E-state index contributed by atoms with van der Waals surface area (Å²) in [6.45, 7) is 5.92. The molecule has 5 nitrogen and oxygen atoms in total. The Morgan fingerprint density at radius 3 is 2.36 bits per heavy atom. The summed E-state index contributed by atoms with van der Waals surface area (Å²) in [7, 11) is 1.53. The predicted molar refractivity (Wildman–Crippen MR) is 98.7 cm³/mol. The first kappa shape index (κ1) is 18.5. The maximum absolute atomic E-state index is 13.0. The number of carbonyl (C=O) groups is 2. The molecule has 132 valence electrons. The highest BCUT2D eigenvalue weighted by molar-refractivity contribution is 5.98. The Kier molecular flexibility index (Phi) is 6.17. The van der Waals surface area contributed by atoms with E-state index in [1.807, 2.05) is 44.2 Å². The Labute approximate surface area is 148 Å². The summed E-state index contributed by atoms with van der Waals surface area (Å²) in [6, 6.07) is 15.0. The molecular weight excluding hydrogens is 316 g/mol. The Morgan fingerprint density at radius 1 is 1.12 bits per heavy atom. The van der Waals surface area contributed by atoms with Crippen LogP contribution in [0.15, 0.2) is 48.5 Å². The lowest BCUT2D eigenvalue weighted by Crippen LogP contribution is -2.36. The highest BCUT2D eigenvalue weighted by Crippen LogP contribution is 2.26. The second-order valence-corrected chi connectivity index (χ2v) is 6.11. The highest BCUT2D eigenvalue weighted by Gasteiger charge is 2.20. The zero-order valence-electron chi connectivity index (χ0n) is 15.1. The molecule has 0 fully saturated rings. The number of amides is 2. The van der Waals surface area contributed by atoms with Gasteiger partial charge in [-0.05, 0) is 37.6 Å². The molecule has 0 spiro atoms. The summed E-state index contributed by atoms with van der Waals surface area (Å²) in [5, 5.41) is 2.70. The van der Waals surface area contributed by atoms with Crippen LogP contribution in [0.4, 0.5) is 5.69 Å². The molecule has 25 heavy (non-hydrogen) atoms. The van der Waals surface area contributed by atoms with Crippen LogP contribution in [0.2, 0.25) is 0 Å². The van der Waals surface area contributed by atoms with Crippen LogP contribution >= 0.6 is 0 Å². The monoisotopic (exact) mass is 340 g/mol. The van der Waals surface area contributed by atoms with Crippen molar-refractivity contribution in [2.75, 3.05) is 12.4 Å². The van der Waals surface area contributed by atoms with E-state index in [1.165, 1.54) is 14.0 Å². The first-order valence-electron chi connectivity index (χ1n) is 8.23. The van der Waals surface area contributed by atoms with Gasteiger partial charge in [0.2, 0.25) is 5.91 Å². The van der Waals surface area contributed by atoms with Crippen molar-refractivity contribution in [2.45, 2.75) is 33.4 Å². The molecule has 5 heteroatoms. The standard InChI is InChI=1S/C20H24N2O3/c1-14(2)22(13-16-8-6-5-7-9-16)20(24)17-10-11-19(25-4)18(12-17)21-15(3)23/h5-12,14H,13H2,1-4H3,(H,21,23). The van der Waals surface area contributed by atoms with Gasteiger partial charge in [-0.1, -0.05) is 30.3 Å². The maximum atomic E-state index is 13.0. The van der Waals surface area contributed by atoms with Gasteiger partial charge in [0.15, 0.2) is 0 Å². The first-order chi connectivity index (χ1) is 11.9. The van der Waals surface area contributed by atoms with Crippen LogP contribution in [0.3, 0.4) is 0 Å². The van der Waals surface area contributed by atoms with Gasteiger partial charge in [-0.2, -0.15) is 0 Å². The maximum Gasteiger partial charge on any atom is 0.254 e. The Balaban J connectivity index is 2.31. The third kappa shape index (κ3) is 4.83. The van der Waals surface area contributed by atoms with Crippen molar-refractivity contribution >= 4 is 17.5 Å². The number of carbonyl (C=O) groups excluding carboxylic acids is 2. The molecule has 0 saturated heterocycles. The Morgan fingerprint density at radius 2 is 1.80 bits per heavy atom. The van der Waals surface area contributed by atoms with Crippen molar-refractivity contribution in [3.8, 4) is 5.75 Å². The summed E-state index contributed by atoms with van der Waals surface area (Å²) in [5.74, 6) is 0.215. The SMILES string of the molecule is COc1ccc(C(=O)N(Cc2ccccc2)C(C)C)cc1NC(C)=O. The van der Waals surface area contributed by atoms with Crippen molar-refractivity contribution in [3.05, 3.63) is 59.7 Å². The number of hydrogen-bond acceptors (Lipinski definition) is 3. The van der Waals surface area contributed by atoms with E-state index in [0.29, 0.717) is 23.5 Å². The van der Waals surface area contributed by atoms with E-state index in [-0.39, 0.29) is 17.9 Å². The molecule has 0 aromatic heterocycles. The second-order valence-electron chi connectivity index (χ2n) is 6.11. The van der Waals surface area contributed by atoms with Gasteiger partial charge in [0.1, 0.15) is 5.75 Å². The average Bonchev–Trinajstić information content (AvgIpc) is 2.59. The molecule has 2 rings (SSSR count). The molecule has 2 aromatic carbocycles. The fourth-order valence-electron chi connectivity index (χ4n) is 2.56. The molecule has 1 N–H and O–H groups in total. The number of benzene rings is 2. The van der Waals surface area contributed by atoms with Crippen LogP contribution in [0.1, 0.15) is 36.7 Å². The van der Waals surface area contributed by atoms with Crippen molar-refractivity contribution < 1.29 is 14.3 Å². The van der Waals surface area contributed by atoms with Crippen LogP contribution < -0.4 is 10.1 Å². The van der Waals surface area contributed by atoms with Crippen LogP contribution in [-0.2, 0) is 11.3 Å². The predicted octanol–water partition coefficient (Wildman–Crippen LogP) is 3.70. The second kappa shape index (κ2) is 8.33. The molecule has 0 aliphatic heterocycles. The highest BCUT2D eigenvalue weighted by atomic mass is 16.5. The third-order valence-corrected chi connectivity index (χ3v) is 3.84. The number of rotatable bonds is 6. The van der Waals surface area contributed by atoms with Gasteiger partial charge in [-0.3, -0.25) is 9.59 Å². The molecule has 0 radical (unpaired) electrons. The fourth-order valence-corrected chi connectivity index (χ4v) is 2.56. The topological polar surface area (TPSA) is 58.6 Å². The number of anilines is 1. The smallest absolute Gasteiger partial charge is 0.254 e. The number of nitrogens with one attached hydrogen (secondary N) is 1. The zero-order chi connectivity index (χ0) is 18.4. The number of methoxy groups -OCH3 is 1. The van der Waals surface area contributed by atoms with E-state index in [4.69, 9.17) is 4.74 Å². The quantitative estimate of drug-likeness (QED) is 0.872. The largest absolute Gasteiger partial charge is 0.495 e. The van der Waals surface area contributed by atoms with E-state index < -0.39 is 0 Å². The number of nitrogens with zero attached hydrogens (tertiary/aromatic N) is 1. The van der Waals surface area contributed by atoms with Crippen LogP contribution in [0, 0.1) is 0 Å². The number of ether oxygens (including phenoxy) is 1. The summed E-state index contributed by atoms with van der Waals surface area (Å²) in [4.78, 5) is 26.2. The van der Waals surface area contributed by atoms with Gasteiger partial charge in [0, 0.05) is 25.1 Å². The fraction of sp³-hybridized carbons (Fsp3) is 0.300. The van der Waals surface area contributed by atoms with Gasteiger partial charge in [0.05, 0.1) is 12.8 Å². The van der Waals surface area contributed by atoms with Crippen LogP contribution in [0.5, 0.6) is 5.75 Å². The number of hydrogen-bond donors (Lipinski definition) is 1. The molecule has 0 aliphatic carbocycles. The van der Waals surface area contributed by atoms with E-state index in [2.05, 4.69) is 5.32 Å². The average molecular weight is 340 g/mol. The summed E-state index contributed by atoms with van der Waals surface area (Å²) >= 11 is 0. The molecule has 0 unspecified atom stereocenters. The molecule has 0 bridgehead atoms. The lowest BCUT2D eigenvalue weighted by molar-refractivity contribution is -0.114. The van der Waals surface area contributed by atoms with Crippen molar-refractivity contribution in [1.29, 1.82) is 0 Å². The summed E-state index contributed by atoms with van der Waals surface area (Å²) in [6.07, 6.45) is 0. The lowest BCUT2D eigenvalue weighted by atomic mass is 10.1. The molecule has 2 aromatic rings. The molecular formula is C20H24N2O3. The normalized spacial score (nSPS) is 10.4. The van der Waals surface area contributed by atoms with Gasteiger partial charge in [0.25, 0.3) is 5.91 Å². The first-order valence-corrected chi connectivity index (χ1v) is 8.23. The van der Waals surface area contributed by atoms with Gasteiger partial charge >= 0.3 is 0 Å². The molecule has 0 heterocycles. The van der Waals surface area contributed by atoms with Crippen molar-refractivity contribution in [3.63, 3.8) is 0 Å². The van der Waals surface area contributed by atoms with Crippen LogP contribution in [0.25, 0.3) is 0 Å². The summed E-state index contributed by atoms with van der Waals surface area (Å²) in [5.41, 5.74) is 2.07. The molecule has 0 saturated carbocycles. The van der Waals surface area contributed by atoms with Crippen molar-refractivity contribution in [1.82, 2.24) is 4.90 Å². The zero-order valence-corrected chi connectivity index (χ0v) is 15.1. The molecule has 0 atom stereocenters. The third-order valence-electron chi connectivity index (χ3n) is 3.84. The Bertz CT molecular complexity index is 742. The van der Waals surface area contributed by atoms with E-state index in [1.54, 1.807) is 23.1 Å². The van der Waals surface area contributed by atoms with E-state index in [0.717, 1.165) is 5.56 Å². The van der Waals surface area contributed by atoms with Gasteiger partial charge in [-0.15, -0.1) is 0 Å². The molecule has 0 aliphatic rings. The van der Waals surface area contributed by atoms with Gasteiger partial charge in [-0.25, -0.2) is 0 Å². The van der Waals surface area contributed by atoms with Gasteiger partial charge < -0.3 is 15.0 Å². The van der Waals surface area contributed by atoms with Crippen LogP contribution in [-0.4, -0.2) is 29.9 Å². The summed E-state index contributed by atoms with van der Waals surface area (Å²) < 4.78 is 5.24. The lowest BCUT2D eigenvalue weighted by Gasteiger charge is -2.27. The Hall–Kier alpha value is -2.82. The van der Waals surface area contributed by atoms with Crippen molar-refractivity contribution in [2.24, 2.45) is 0 Å². The minimum Gasteiger partial charge on any atom is -0.495 e. The van der Waals surface area contributed by atoms with E-state index >= 15 is 0 Å². The van der Waals surface area contributed by atoms with E-state index in [9.17, 15) is 9.59 Å². The molecule has 2 amide bonds.